The van der Waals surface area contributed by atoms with Crippen molar-refractivity contribution in [2.75, 3.05) is 65.0 Å². The van der Waals surface area contributed by atoms with Gasteiger partial charge in [-0.15, -0.1) is 0 Å². The zero-order valence-electron chi connectivity index (χ0n) is 23.3. The van der Waals surface area contributed by atoms with Crippen molar-refractivity contribution in [2.45, 2.75) is 0 Å². The Morgan fingerprint density at radius 3 is 2.20 bits per heavy atom. The highest BCUT2D eigenvalue weighted by molar-refractivity contribution is 5.98. The fourth-order valence-corrected chi connectivity index (χ4v) is 4.60. The molecule has 0 fully saturated rings. The van der Waals surface area contributed by atoms with E-state index in [0.717, 1.165) is 27.7 Å². The highest BCUT2D eigenvalue weighted by Gasteiger charge is 2.14. The maximum absolute atomic E-state index is 5.99. The van der Waals surface area contributed by atoms with E-state index in [4.69, 9.17) is 18.9 Å². The molecule has 0 saturated heterocycles. The van der Waals surface area contributed by atoms with Gasteiger partial charge < -0.3 is 29.2 Å². The molecule has 8 nitrogen and oxygen atoms in total. The SMILES string of the molecule is COCCOc1cc2ncnc(Nc3cccc(-c4cc(N(C)C)c5ccccc5c4)c3)c2cc1OCCOC. The Labute approximate surface area is 234 Å². The van der Waals surface area contributed by atoms with E-state index < -0.39 is 0 Å². The fourth-order valence-electron chi connectivity index (χ4n) is 4.60. The highest BCUT2D eigenvalue weighted by atomic mass is 16.5. The average molecular weight is 539 g/mol. The minimum Gasteiger partial charge on any atom is -0.487 e. The van der Waals surface area contributed by atoms with Crippen LogP contribution in [0.2, 0.25) is 0 Å². The summed E-state index contributed by atoms with van der Waals surface area (Å²) in [7, 11) is 7.43. The van der Waals surface area contributed by atoms with Crippen LogP contribution >= 0.6 is 0 Å². The van der Waals surface area contributed by atoms with E-state index in [1.54, 1.807) is 20.5 Å². The van der Waals surface area contributed by atoms with Crippen LogP contribution in [0, 0.1) is 0 Å². The molecule has 0 spiro atoms. The summed E-state index contributed by atoms with van der Waals surface area (Å²) < 4.78 is 22.2. The first kappa shape index (κ1) is 27.2. The molecule has 1 N–H and O–H groups in total. The number of nitrogens with one attached hydrogen (secondary N) is 1. The van der Waals surface area contributed by atoms with Crippen LogP contribution in [0.3, 0.4) is 0 Å². The second kappa shape index (κ2) is 12.6. The third-order valence-corrected chi connectivity index (χ3v) is 6.57. The average Bonchev–Trinajstić information content (AvgIpc) is 2.97. The van der Waals surface area contributed by atoms with Crippen LogP contribution in [0.25, 0.3) is 32.8 Å². The van der Waals surface area contributed by atoms with Crippen LogP contribution in [-0.4, -0.2) is 64.7 Å². The van der Waals surface area contributed by atoms with Gasteiger partial charge in [-0.3, -0.25) is 0 Å². The van der Waals surface area contributed by atoms with Crippen LogP contribution in [0.1, 0.15) is 0 Å². The Bertz CT molecular complexity index is 1610. The summed E-state index contributed by atoms with van der Waals surface area (Å²) in [5.74, 6) is 1.87. The van der Waals surface area contributed by atoms with Crippen molar-refractivity contribution >= 4 is 38.9 Å². The van der Waals surface area contributed by atoms with E-state index in [1.165, 1.54) is 16.5 Å². The number of ether oxygens (including phenoxy) is 4. The first-order valence-corrected chi connectivity index (χ1v) is 13.2. The molecule has 5 rings (SSSR count). The summed E-state index contributed by atoms with van der Waals surface area (Å²) >= 11 is 0. The molecule has 0 unspecified atom stereocenters. The number of nitrogens with zero attached hydrogens (tertiary/aromatic N) is 3. The lowest BCUT2D eigenvalue weighted by molar-refractivity contribution is 0.132. The monoisotopic (exact) mass is 538 g/mol. The highest BCUT2D eigenvalue weighted by Crippen LogP contribution is 2.36. The van der Waals surface area contributed by atoms with E-state index in [9.17, 15) is 0 Å². The molecule has 4 aromatic carbocycles. The van der Waals surface area contributed by atoms with Crippen LogP contribution in [-0.2, 0) is 9.47 Å². The molecule has 0 aliphatic heterocycles. The number of hydrogen-bond donors (Lipinski definition) is 1. The topological polar surface area (TPSA) is 78.0 Å². The van der Waals surface area contributed by atoms with Gasteiger partial charge in [0.15, 0.2) is 11.5 Å². The number of aromatic nitrogens is 2. The van der Waals surface area contributed by atoms with Gasteiger partial charge in [-0.2, -0.15) is 0 Å². The van der Waals surface area contributed by atoms with Gasteiger partial charge in [0.2, 0.25) is 0 Å². The second-order valence-electron chi connectivity index (χ2n) is 9.54. The lowest BCUT2D eigenvalue weighted by atomic mass is 9.99. The Hall–Kier alpha value is -4.40. The number of benzene rings is 4. The Morgan fingerprint density at radius 2 is 1.45 bits per heavy atom. The van der Waals surface area contributed by atoms with Gasteiger partial charge in [0, 0.05) is 56.5 Å². The Balaban J connectivity index is 1.49. The molecule has 0 bridgehead atoms. The van der Waals surface area contributed by atoms with Crippen molar-refractivity contribution in [2.24, 2.45) is 0 Å². The minimum absolute atomic E-state index is 0.391. The van der Waals surface area contributed by atoms with Crippen molar-refractivity contribution in [1.82, 2.24) is 9.97 Å². The number of hydrogen-bond acceptors (Lipinski definition) is 8. The largest absolute Gasteiger partial charge is 0.487 e. The molecule has 1 heterocycles. The van der Waals surface area contributed by atoms with Crippen LogP contribution in [0.4, 0.5) is 17.2 Å². The van der Waals surface area contributed by atoms with E-state index in [0.29, 0.717) is 43.7 Å². The zero-order chi connectivity index (χ0) is 27.9. The molecule has 206 valence electrons. The first-order valence-electron chi connectivity index (χ1n) is 13.2. The molecular weight excluding hydrogens is 504 g/mol. The predicted octanol–water partition coefficient (Wildman–Crippen LogP) is 6.31. The normalized spacial score (nSPS) is 11.1. The number of anilines is 3. The third kappa shape index (κ3) is 6.09. The maximum atomic E-state index is 5.99. The predicted molar refractivity (Wildman–Crippen MR) is 161 cm³/mol. The zero-order valence-corrected chi connectivity index (χ0v) is 23.3. The van der Waals surface area contributed by atoms with Crippen molar-refractivity contribution in [3.05, 3.63) is 79.1 Å². The molecule has 1 aromatic heterocycles. The van der Waals surface area contributed by atoms with Gasteiger partial charge >= 0.3 is 0 Å². The Kier molecular flexibility index (Phi) is 8.59. The van der Waals surface area contributed by atoms with Gasteiger partial charge in [0.1, 0.15) is 25.4 Å². The van der Waals surface area contributed by atoms with Crippen molar-refractivity contribution in [1.29, 1.82) is 0 Å². The van der Waals surface area contributed by atoms with Crippen LogP contribution < -0.4 is 19.7 Å². The quantitative estimate of drug-likeness (QED) is 0.185. The molecule has 0 atom stereocenters. The third-order valence-electron chi connectivity index (χ3n) is 6.57. The minimum atomic E-state index is 0.391. The summed E-state index contributed by atoms with van der Waals surface area (Å²) in [5.41, 5.74) is 5.09. The number of methoxy groups -OCH3 is 2. The van der Waals surface area contributed by atoms with Gasteiger partial charge in [-0.1, -0.05) is 36.4 Å². The summed E-state index contributed by atoms with van der Waals surface area (Å²) in [4.78, 5) is 11.2. The lowest BCUT2D eigenvalue weighted by Crippen LogP contribution is -2.09. The van der Waals surface area contributed by atoms with Gasteiger partial charge in [0.25, 0.3) is 0 Å². The molecule has 0 saturated carbocycles. The number of fused-ring (bicyclic) bond motifs is 2. The fraction of sp³-hybridized carbons (Fsp3) is 0.250. The smallest absolute Gasteiger partial charge is 0.163 e. The summed E-state index contributed by atoms with van der Waals surface area (Å²) in [6.45, 7) is 1.72. The summed E-state index contributed by atoms with van der Waals surface area (Å²) in [6.07, 6.45) is 1.55. The van der Waals surface area contributed by atoms with Crippen molar-refractivity contribution in [3.8, 4) is 22.6 Å². The van der Waals surface area contributed by atoms with Crippen molar-refractivity contribution in [3.63, 3.8) is 0 Å². The maximum Gasteiger partial charge on any atom is 0.163 e. The molecule has 8 heteroatoms. The molecule has 0 aliphatic carbocycles. The molecular formula is C32H34N4O4. The van der Waals surface area contributed by atoms with E-state index in [1.807, 2.05) is 24.3 Å². The molecule has 5 aromatic rings. The van der Waals surface area contributed by atoms with Crippen molar-refractivity contribution < 1.29 is 18.9 Å². The first-order chi connectivity index (χ1) is 19.6. The second-order valence-corrected chi connectivity index (χ2v) is 9.54. The van der Waals surface area contributed by atoms with Gasteiger partial charge in [-0.05, 0) is 46.8 Å². The standard InChI is InChI=1S/C32H34N4O4/c1-36(2)29-18-24(16-23-8-5-6-11-26(23)29)22-9-7-10-25(17-22)35-32-27-19-30(39-14-12-37-3)31(40-15-13-38-4)20-28(27)33-21-34-32/h5-11,16-21H,12-15H2,1-4H3,(H,33,34,35). The molecule has 0 radical (unpaired) electrons. The van der Waals surface area contributed by atoms with Crippen LogP contribution in [0.5, 0.6) is 11.5 Å². The molecule has 40 heavy (non-hydrogen) atoms. The molecule has 0 amide bonds. The van der Waals surface area contributed by atoms with Gasteiger partial charge in [-0.25, -0.2) is 9.97 Å². The summed E-state index contributed by atoms with van der Waals surface area (Å²) in [5, 5.41) is 6.75. The van der Waals surface area contributed by atoms with E-state index in [-0.39, 0.29) is 0 Å². The number of rotatable bonds is 12. The summed E-state index contributed by atoms with van der Waals surface area (Å²) in [6, 6.07) is 25.0. The van der Waals surface area contributed by atoms with E-state index >= 15 is 0 Å². The van der Waals surface area contributed by atoms with Crippen LogP contribution in [0.15, 0.2) is 79.1 Å². The van der Waals surface area contributed by atoms with E-state index in [2.05, 4.69) is 82.8 Å². The lowest BCUT2D eigenvalue weighted by Gasteiger charge is -2.18. The molecule has 0 aliphatic rings. The Morgan fingerprint density at radius 1 is 0.700 bits per heavy atom. The van der Waals surface area contributed by atoms with Gasteiger partial charge in [0.05, 0.1) is 18.7 Å².